The molecule has 0 saturated carbocycles. The van der Waals surface area contributed by atoms with Gasteiger partial charge in [-0.15, -0.1) is 0 Å². The van der Waals surface area contributed by atoms with Gasteiger partial charge in [0.1, 0.15) is 6.10 Å². The third-order valence-corrected chi connectivity index (χ3v) is 8.46. The van der Waals surface area contributed by atoms with Gasteiger partial charge in [-0.25, -0.2) is 4.79 Å². The third-order valence-electron chi connectivity index (χ3n) is 6.22. The number of hydrogen-bond donors (Lipinski definition) is 0. The first-order valence-corrected chi connectivity index (χ1v) is 18.8. The fraction of sp³-hybridized carbons (Fsp3) is 0.600. The largest absolute Gasteiger partial charge is 0.462 e. The molecular weight excluding hydrogens is 685 g/mol. The van der Waals surface area contributed by atoms with E-state index in [1.165, 1.54) is 13.8 Å². The number of carbonyl (C=O) groups is 2. The maximum absolute atomic E-state index is 12.8. The van der Waals surface area contributed by atoms with Crippen LogP contribution >= 0.6 is 31.9 Å². The van der Waals surface area contributed by atoms with Gasteiger partial charge in [-0.05, 0) is 89.1 Å². The molecule has 0 spiro atoms. The van der Waals surface area contributed by atoms with Gasteiger partial charge >= 0.3 is 12.1 Å². The van der Waals surface area contributed by atoms with Crippen molar-refractivity contribution in [2.45, 2.75) is 97.8 Å². The Morgan fingerprint density at radius 1 is 1.15 bits per heavy atom. The van der Waals surface area contributed by atoms with E-state index in [1.54, 1.807) is 13.8 Å². The van der Waals surface area contributed by atoms with Crippen molar-refractivity contribution >= 4 is 58.3 Å². The fourth-order valence-corrected chi connectivity index (χ4v) is 5.51. The smallest absolute Gasteiger partial charge is 0.395 e. The van der Waals surface area contributed by atoms with Crippen LogP contribution in [0.1, 0.15) is 61.2 Å². The highest BCUT2D eigenvalue weighted by atomic mass is 79.9. The number of alkyl halides is 3. The van der Waals surface area contributed by atoms with Crippen LogP contribution in [0.15, 0.2) is 27.7 Å². The van der Waals surface area contributed by atoms with Gasteiger partial charge in [-0.2, -0.15) is 13.2 Å². The molecule has 3 unspecified atom stereocenters. The predicted molar refractivity (Wildman–Crippen MR) is 168 cm³/mol. The lowest BCUT2D eigenvalue weighted by Gasteiger charge is -2.20. The average molecular weight is 729 g/mol. The van der Waals surface area contributed by atoms with E-state index in [9.17, 15) is 22.8 Å². The molecule has 41 heavy (non-hydrogen) atoms. The van der Waals surface area contributed by atoms with Gasteiger partial charge in [0.05, 0.1) is 27.6 Å². The number of esters is 1. The molecule has 1 aliphatic rings. The lowest BCUT2D eigenvalue weighted by atomic mass is 9.96. The zero-order chi connectivity index (χ0) is 31.8. The molecule has 0 amide bonds. The fourth-order valence-electron chi connectivity index (χ4n) is 4.22. The van der Waals surface area contributed by atoms with E-state index in [0.717, 1.165) is 35.1 Å². The number of hydrogen-bond acceptors (Lipinski definition) is 5. The molecule has 1 aromatic carbocycles. The molecule has 2 rings (SSSR count). The molecule has 0 bridgehead atoms. The molecule has 1 heterocycles. The number of aldehydes is 1. The Morgan fingerprint density at radius 3 is 2.22 bits per heavy atom. The van der Waals surface area contributed by atoms with Crippen molar-refractivity contribution in [3.05, 3.63) is 49.9 Å². The Kier molecular flexibility index (Phi) is 14.7. The van der Waals surface area contributed by atoms with Gasteiger partial charge in [0.15, 0.2) is 12.1 Å². The maximum Gasteiger partial charge on any atom is 0.395 e. The van der Waals surface area contributed by atoms with Gasteiger partial charge < -0.3 is 19.0 Å². The van der Waals surface area contributed by atoms with Gasteiger partial charge in [-0.1, -0.05) is 69.4 Å². The molecule has 232 valence electrons. The first kappa shape index (κ1) is 37.8. The van der Waals surface area contributed by atoms with Crippen molar-refractivity contribution in [2.24, 2.45) is 11.8 Å². The van der Waals surface area contributed by atoms with Crippen LogP contribution in [0.5, 0.6) is 0 Å². The summed E-state index contributed by atoms with van der Waals surface area (Å²) in [5, 5.41) is 0. The standard InChI is InChI=1S/C23H34O5Si.C7H9Br2F3/c1-16-13-17(2)21(22(25)26-11-12-29(5,6)7)18(14-16)9-8-10-19-20(15-24)28-23(3,4)27-19;1-4(2)5(3-6(8)9)7(10,11)12/h8-9,13-15,19-20H,10-12H2,1-7H3;3-5H,1-2H3/b9-8+;. The van der Waals surface area contributed by atoms with Crippen LogP contribution in [0.3, 0.4) is 0 Å². The Balaban J connectivity index is 0.000000590. The quantitative estimate of drug-likeness (QED) is 0.137. The Morgan fingerprint density at radius 2 is 1.76 bits per heavy atom. The second-order valence-electron chi connectivity index (χ2n) is 12.2. The van der Waals surface area contributed by atoms with Crippen LogP contribution in [0.25, 0.3) is 6.08 Å². The summed E-state index contributed by atoms with van der Waals surface area (Å²) in [4.78, 5) is 24.0. The molecular formula is C30H43Br2F3O5Si. The van der Waals surface area contributed by atoms with Crippen molar-refractivity contribution in [1.82, 2.24) is 0 Å². The predicted octanol–water partition coefficient (Wildman–Crippen LogP) is 9.37. The molecule has 0 radical (unpaired) electrons. The van der Waals surface area contributed by atoms with E-state index in [2.05, 4.69) is 51.5 Å². The summed E-state index contributed by atoms with van der Waals surface area (Å²) in [5.74, 6) is -2.90. The van der Waals surface area contributed by atoms with Crippen molar-refractivity contribution in [3.63, 3.8) is 0 Å². The zero-order valence-electron chi connectivity index (χ0n) is 25.3. The second-order valence-corrected chi connectivity index (χ2v) is 20.6. The van der Waals surface area contributed by atoms with E-state index in [1.807, 2.05) is 38.1 Å². The summed E-state index contributed by atoms with van der Waals surface area (Å²) >= 11 is 5.83. The first-order valence-electron chi connectivity index (χ1n) is 13.5. The Bertz CT molecular complexity index is 1090. The summed E-state index contributed by atoms with van der Waals surface area (Å²) in [6, 6.07) is 4.91. The Labute approximate surface area is 260 Å². The van der Waals surface area contributed by atoms with Gasteiger partial charge in [-0.3, -0.25) is 0 Å². The minimum absolute atomic E-state index is 0.284. The number of rotatable bonds is 10. The molecule has 3 atom stereocenters. The number of ether oxygens (including phenoxy) is 3. The molecule has 1 fully saturated rings. The normalized spacial score (nSPS) is 19.5. The van der Waals surface area contributed by atoms with Gasteiger partial charge in [0, 0.05) is 8.07 Å². The van der Waals surface area contributed by atoms with Crippen LogP contribution < -0.4 is 0 Å². The van der Waals surface area contributed by atoms with Crippen LogP contribution in [-0.4, -0.2) is 51.1 Å². The molecule has 0 aromatic heterocycles. The summed E-state index contributed by atoms with van der Waals surface area (Å²) in [7, 11) is -1.26. The van der Waals surface area contributed by atoms with Crippen molar-refractivity contribution in [2.75, 3.05) is 6.61 Å². The lowest BCUT2D eigenvalue weighted by Crippen LogP contribution is -2.25. The van der Waals surface area contributed by atoms with Crippen molar-refractivity contribution in [1.29, 1.82) is 0 Å². The number of allylic oxidation sites excluding steroid dienone is 1. The molecule has 1 aliphatic heterocycles. The van der Waals surface area contributed by atoms with Gasteiger partial charge in [0.25, 0.3) is 0 Å². The molecule has 1 aromatic rings. The highest BCUT2D eigenvalue weighted by Gasteiger charge is 2.41. The first-order chi connectivity index (χ1) is 18.7. The molecule has 1 saturated heterocycles. The molecule has 0 N–H and O–H groups in total. The summed E-state index contributed by atoms with van der Waals surface area (Å²) in [5.41, 5.74) is 3.39. The zero-order valence-corrected chi connectivity index (χ0v) is 29.5. The van der Waals surface area contributed by atoms with Crippen LogP contribution in [-0.2, 0) is 19.0 Å². The van der Waals surface area contributed by atoms with E-state index < -0.39 is 38.0 Å². The average Bonchev–Trinajstić information content (AvgIpc) is 3.09. The maximum atomic E-state index is 12.8. The van der Waals surface area contributed by atoms with E-state index in [4.69, 9.17) is 14.2 Å². The third kappa shape index (κ3) is 13.7. The van der Waals surface area contributed by atoms with E-state index in [0.29, 0.717) is 22.0 Å². The lowest BCUT2D eigenvalue weighted by molar-refractivity contribution is -0.171. The van der Waals surface area contributed by atoms with Crippen LogP contribution in [0.2, 0.25) is 25.7 Å². The van der Waals surface area contributed by atoms with E-state index >= 15 is 0 Å². The van der Waals surface area contributed by atoms with Crippen molar-refractivity contribution < 1.29 is 37.0 Å². The highest BCUT2D eigenvalue weighted by Crippen LogP contribution is 2.35. The number of carbonyl (C=O) groups excluding carboxylic acids is 2. The second kappa shape index (κ2) is 16.0. The van der Waals surface area contributed by atoms with Crippen molar-refractivity contribution in [3.8, 4) is 0 Å². The highest BCUT2D eigenvalue weighted by molar-refractivity contribution is 9.28. The summed E-state index contributed by atoms with van der Waals surface area (Å²) in [6.07, 6.45) is 1.17. The summed E-state index contributed by atoms with van der Waals surface area (Å²) in [6.45, 7) is 17.8. The van der Waals surface area contributed by atoms with Crippen LogP contribution in [0.4, 0.5) is 13.2 Å². The van der Waals surface area contributed by atoms with Crippen LogP contribution in [0, 0.1) is 25.7 Å². The SMILES string of the molecule is CC(C)C(C=C(Br)Br)C(F)(F)F.Cc1cc(C)c(C(=O)OCC[Si](C)(C)C)c(/C=C/CC2OC(C)(C)OC2C=O)c1. The molecule has 0 aliphatic carbocycles. The van der Waals surface area contributed by atoms with Gasteiger partial charge in [0.2, 0.25) is 0 Å². The monoisotopic (exact) mass is 726 g/mol. The number of benzene rings is 1. The number of halogens is 5. The number of aryl methyl sites for hydroxylation is 2. The summed E-state index contributed by atoms with van der Waals surface area (Å²) < 4.78 is 54.0. The molecule has 5 nitrogen and oxygen atoms in total. The minimum Gasteiger partial charge on any atom is -0.462 e. The minimum atomic E-state index is -4.17. The molecule has 11 heteroatoms. The van der Waals surface area contributed by atoms with E-state index in [-0.39, 0.29) is 12.1 Å². The topological polar surface area (TPSA) is 61.8 Å². The Hall–Kier alpha value is -1.27.